The molecule has 3 unspecified atom stereocenters. The normalized spacial score (nSPS) is 26.2. The summed E-state index contributed by atoms with van der Waals surface area (Å²) in [5, 5.41) is 1.10. The molecule has 0 spiro atoms. The molecule has 6 nitrogen and oxygen atoms in total. The molecular weight excluding hydrogens is 424 g/mol. The number of benzene rings is 1. The minimum atomic E-state index is -0.672. The Morgan fingerprint density at radius 1 is 1.17 bits per heavy atom. The SMILES string of the molecule is O=C1C2=C(OC3CCCCC13)C(=O)N(c1nc3ccc(Cl)cc3s1)C2c1ccco1. The summed E-state index contributed by atoms with van der Waals surface area (Å²) < 4.78 is 12.7. The smallest absolute Gasteiger partial charge is 0.296 e. The quantitative estimate of drug-likeness (QED) is 0.558. The first kappa shape index (κ1) is 18.2. The zero-order valence-electron chi connectivity index (χ0n) is 15.8. The molecule has 8 heteroatoms. The van der Waals surface area contributed by atoms with Gasteiger partial charge in [0.1, 0.15) is 17.9 Å². The van der Waals surface area contributed by atoms with Crippen LogP contribution in [0.2, 0.25) is 5.02 Å². The standard InChI is InChI=1S/C22H17ClN2O4S/c23-11-7-8-13-16(10-11)30-22(24-13)25-18(15-6-3-9-28-15)17-19(26)12-4-1-2-5-14(12)29-20(17)21(25)27/h3,6-10,12,14,18H,1-2,4-5H2. The van der Waals surface area contributed by atoms with Gasteiger partial charge in [-0.05, 0) is 49.6 Å². The lowest BCUT2D eigenvalue weighted by Gasteiger charge is -2.35. The Kier molecular flexibility index (Phi) is 4.05. The van der Waals surface area contributed by atoms with Crippen molar-refractivity contribution in [2.24, 2.45) is 5.92 Å². The number of hydrogen-bond donors (Lipinski definition) is 0. The van der Waals surface area contributed by atoms with E-state index >= 15 is 0 Å². The van der Waals surface area contributed by atoms with E-state index < -0.39 is 6.04 Å². The lowest BCUT2D eigenvalue weighted by molar-refractivity contribution is -0.131. The number of rotatable bonds is 2. The van der Waals surface area contributed by atoms with E-state index in [2.05, 4.69) is 4.98 Å². The molecule has 1 amide bonds. The zero-order valence-corrected chi connectivity index (χ0v) is 17.4. The number of amides is 1. The largest absolute Gasteiger partial charge is 0.483 e. The van der Waals surface area contributed by atoms with Gasteiger partial charge >= 0.3 is 0 Å². The maximum atomic E-state index is 13.5. The number of nitrogens with zero attached hydrogens (tertiary/aromatic N) is 2. The van der Waals surface area contributed by atoms with Crippen LogP contribution in [0.25, 0.3) is 10.2 Å². The van der Waals surface area contributed by atoms with Crippen LogP contribution < -0.4 is 4.90 Å². The van der Waals surface area contributed by atoms with E-state index in [1.807, 2.05) is 12.1 Å². The van der Waals surface area contributed by atoms with E-state index in [0.717, 1.165) is 35.9 Å². The van der Waals surface area contributed by atoms with E-state index in [-0.39, 0.29) is 29.5 Å². The van der Waals surface area contributed by atoms with E-state index in [9.17, 15) is 9.59 Å². The molecule has 2 aromatic heterocycles. The highest BCUT2D eigenvalue weighted by Crippen LogP contribution is 2.49. The number of furan rings is 1. The zero-order chi connectivity index (χ0) is 20.4. The van der Waals surface area contributed by atoms with Crippen LogP contribution in [0.15, 0.2) is 52.3 Å². The molecule has 3 aromatic rings. The molecule has 4 heterocycles. The summed E-state index contributed by atoms with van der Waals surface area (Å²) >= 11 is 7.49. The monoisotopic (exact) mass is 440 g/mol. The van der Waals surface area contributed by atoms with Gasteiger partial charge in [0.25, 0.3) is 5.91 Å². The van der Waals surface area contributed by atoms with Crippen molar-refractivity contribution >= 4 is 50.0 Å². The number of carbonyl (C=O) groups is 2. The van der Waals surface area contributed by atoms with Gasteiger partial charge < -0.3 is 9.15 Å². The van der Waals surface area contributed by atoms with Crippen LogP contribution in [-0.4, -0.2) is 22.8 Å². The Hall–Kier alpha value is -2.64. The summed E-state index contributed by atoms with van der Waals surface area (Å²) in [6.07, 6.45) is 4.92. The van der Waals surface area contributed by atoms with E-state index in [1.165, 1.54) is 16.2 Å². The number of ether oxygens (including phenoxy) is 1. The van der Waals surface area contributed by atoms with Crippen molar-refractivity contribution in [1.29, 1.82) is 0 Å². The van der Waals surface area contributed by atoms with Gasteiger partial charge in [-0.25, -0.2) is 4.98 Å². The number of ketones is 1. The molecule has 2 aliphatic heterocycles. The van der Waals surface area contributed by atoms with Crippen molar-refractivity contribution in [2.45, 2.75) is 37.8 Å². The summed E-state index contributed by atoms with van der Waals surface area (Å²) in [6, 6.07) is 8.28. The van der Waals surface area contributed by atoms with Crippen molar-refractivity contribution in [3.05, 3.63) is 58.7 Å². The summed E-state index contributed by atoms with van der Waals surface area (Å²) in [7, 11) is 0. The fourth-order valence-corrected chi connectivity index (χ4v) is 6.02. The molecule has 1 saturated carbocycles. The third-order valence-corrected chi connectivity index (χ3v) is 7.37. The fraction of sp³-hybridized carbons (Fsp3) is 0.318. The van der Waals surface area contributed by atoms with Crippen molar-refractivity contribution in [3.63, 3.8) is 0 Å². The van der Waals surface area contributed by atoms with E-state index in [4.69, 9.17) is 20.8 Å². The Morgan fingerprint density at radius 3 is 2.87 bits per heavy atom. The Bertz CT molecular complexity index is 1220. The average Bonchev–Trinajstić information content (AvgIpc) is 3.46. The predicted molar refractivity (Wildman–Crippen MR) is 112 cm³/mol. The third-order valence-electron chi connectivity index (χ3n) is 6.12. The molecule has 0 saturated heterocycles. The Morgan fingerprint density at radius 2 is 2.03 bits per heavy atom. The number of halogens is 1. The molecule has 30 heavy (non-hydrogen) atoms. The van der Waals surface area contributed by atoms with Gasteiger partial charge in [0.15, 0.2) is 16.7 Å². The maximum absolute atomic E-state index is 13.5. The van der Waals surface area contributed by atoms with Crippen LogP contribution >= 0.6 is 22.9 Å². The van der Waals surface area contributed by atoms with Crippen molar-refractivity contribution in [2.75, 3.05) is 4.90 Å². The van der Waals surface area contributed by atoms with Gasteiger partial charge in [-0.3, -0.25) is 14.5 Å². The van der Waals surface area contributed by atoms with Crippen molar-refractivity contribution < 1.29 is 18.7 Å². The second-order valence-electron chi connectivity index (χ2n) is 7.86. The average molecular weight is 441 g/mol. The first-order valence-electron chi connectivity index (χ1n) is 10.00. The molecule has 3 atom stereocenters. The van der Waals surface area contributed by atoms with Crippen LogP contribution in [0, 0.1) is 5.92 Å². The highest BCUT2D eigenvalue weighted by molar-refractivity contribution is 7.22. The summed E-state index contributed by atoms with van der Waals surface area (Å²) in [5.41, 5.74) is 1.14. The van der Waals surface area contributed by atoms with Gasteiger partial charge in [-0.2, -0.15) is 0 Å². The molecule has 1 fully saturated rings. The number of Topliss-reactive ketones (excluding diaryl/α,β-unsaturated/α-hetero) is 1. The van der Waals surface area contributed by atoms with Crippen LogP contribution in [-0.2, 0) is 14.3 Å². The number of aromatic nitrogens is 1. The van der Waals surface area contributed by atoms with E-state index in [1.54, 1.807) is 24.5 Å². The van der Waals surface area contributed by atoms with Gasteiger partial charge in [0, 0.05) is 5.02 Å². The Balaban J connectivity index is 1.50. The minimum absolute atomic E-state index is 0.00218. The first-order valence-corrected chi connectivity index (χ1v) is 11.2. The Labute approximate surface area is 181 Å². The molecule has 1 aliphatic carbocycles. The maximum Gasteiger partial charge on any atom is 0.296 e. The number of anilines is 1. The third kappa shape index (κ3) is 2.58. The molecule has 1 aromatic carbocycles. The summed E-state index contributed by atoms with van der Waals surface area (Å²) in [4.78, 5) is 33.2. The van der Waals surface area contributed by atoms with Crippen LogP contribution in [0.4, 0.5) is 5.13 Å². The fourth-order valence-electron chi connectivity index (χ4n) is 4.75. The number of hydrogen-bond acceptors (Lipinski definition) is 6. The van der Waals surface area contributed by atoms with Crippen molar-refractivity contribution in [3.8, 4) is 0 Å². The molecule has 152 valence electrons. The molecule has 3 aliphatic rings. The van der Waals surface area contributed by atoms with Crippen LogP contribution in [0.1, 0.15) is 37.5 Å². The van der Waals surface area contributed by atoms with E-state index in [0.29, 0.717) is 21.5 Å². The lowest BCUT2D eigenvalue weighted by atomic mass is 9.78. The second-order valence-corrected chi connectivity index (χ2v) is 9.30. The number of fused-ring (bicyclic) bond motifs is 2. The first-order chi connectivity index (χ1) is 14.6. The van der Waals surface area contributed by atoms with Gasteiger partial charge in [0.2, 0.25) is 0 Å². The second kappa shape index (κ2) is 6.68. The highest BCUT2D eigenvalue weighted by atomic mass is 35.5. The predicted octanol–water partition coefficient (Wildman–Crippen LogP) is 5.04. The lowest BCUT2D eigenvalue weighted by Crippen LogP contribution is -2.39. The molecule has 0 N–H and O–H groups in total. The van der Waals surface area contributed by atoms with Gasteiger partial charge in [-0.1, -0.05) is 29.4 Å². The minimum Gasteiger partial charge on any atom is -0.483 e. The number of carbonyl (C=O) groups excluding carboxylic acids is 2. The van der Waals surface area contributed by atoms with Gasteiger partial charge in [0.05, 0.1) is 28.0 Å². The summed E-state index contributed by atoms with van der Waals surface area (Å²) in [6.45, 7) is 0. The van der Waals surface area contributed by atoms with Crippen LogP contribution in [0.3, 0.4) is 0 Å². The van der Waals surface area contributed by atoms with Crippen molar-refractivity contribution in [1.82, 2.24) is 4.98 Å². The van der Waals surface area contributed by atoms with Crippen LogP contribution in [0.5, 0.6) is 0 Å². The topological polar surface area (TPSA) is 72.6 Å². The van der Waals surface area contributed by atoms with Gasteiger partial charge in [-0.15, -0.1) is 0 Å². The molecule has 0 bridgehead atoms. The molecule has 6 rings (SSSR count). The molecular formula is C22H17ClN2O4S. The number of thiazole rings is 1. The molecule has 0 radical (unpaired) electrons. The summed E-state index contributed by atoms with van der Waals surface area (Å²) in [5.74, 6) is 0.145. The highest BCUT2D eigenvalue weighted by Gasteiger charge is 2.54.